The molecule has 0 spiro atoms. The molecule has 0 saturated heterocycles. The number of ether oxygens (including phenoxy) is 2. The Labute approximate surface area is 123 Å². The van der Waals surface area contributed by atoms with Crippen LogP contribution in [0.15, 0.2) is 42.5 Å². The van der Waals surface area contributed by atoms with E-state index >= 15 is 0 Å². The van der Waals surface area contributed by atoms with Crippen LogP contribution in [0.2, 0.25) is 0 Å². The Morgan fingerprint density at radius 1 is 1.19 bits per heavy atom. The van der Waals surface area contributed by atoms with Crippen molar-refractivity contribution in [2.75, 3.05) is 14.2 Å². The Balaban J connectivity index is 1.94. The van der Waals surface area contributed by atoms with Gasteiger partial charge >= 0.3 is 0 Å². The van der Waals surface area contributed by atoms with Crippen LogP contribution in [-0.4, -0.2) is 14.2 Å². The van der Waals surface area contributed by atoms with E-state index in [0.717, 1.165) is 29.0 Å². The average molecular weight is 287 g/mol. The number of hydrogen-bond donors (Lipinski definition) is 1. The maximum atomic E-state index is 13.1. The fraction of sp³-hybridized carbons (Fsp3) is 0.294. The normalized spacial score (nSPS) is 20.5. The summed E-state index contributed by atoms with van der Waals surface area (Å²) < 4.78 is 24.4. The Hall–Kier alpha value is -2.07. The minimum absolute atomic E-state index is 0.0948. The first kappa shape index (κ1) is 13.9. The van der Waals surface area contributed by atoms with Crippen LogP contribution >= 0.6 is 0 Å². The summed E-state index contributed by atoms with van der Waals surface area (Å²) in [5.74, 6) is 1.35. The van der Waals surface area contributed by atoms with Crippen molar-refractivity contribution in [3.8, 4) is 11.5 Å². The van der Waals surface area contributed by atoms with Gasteiger partial charge < -0.3 is 14.8 Å². The molecular weight excluding hydrogens is 269 g/mol. The topological polar surface area (TPSA) is 30.5 Å². The molecule has 0 bridgehead atoms. The van der Waals surface area contributed by atoms with Crippen molar-refractivity contribution in [2.45, 2.75) is 18.6 Å². The second kappa shape index (κ2) is 5.74. The largest absolute Gasteiger partial charge is 0.497 e. The molecule has 0 amide bonds. The second-order valence-corrected chi connectivity index (χ2v) is 5.14. The van der Waals surface area contributed by atoms with Crippen LogP contribution in [0, 0.1) is 5.82 Å². The summed E-state index contributed by atoms with van der Waals surface area (Å²) in [5, 5.41) is 3.31. The molecule has 3 nitrogen and oxygen atoms in total. The summed E-state index contributed by atoms with van der Waals surface area (Å²) in [6, 6.07) is 12.5. The van der Waals surface area contributed by atoms with Gasteiger partial charge in [-0.3, -0.25) is 0 Å². The highest BCUT2D eigenvalue weighted by Gasteiger charge is 2.28. The molecule has 1 aliphatic rings. The number of methoxy groups -OCH3 is 1. The number of benzene rings is 2. The van der Waals surface area contributed by atoms with Crippen LogP contribution in [-0.2, 0) is 0 Å². The molecule has 1 N–H and O–H groups in total. The molecule has 0 radical (unpaired) electrons. The van der Waals surface area contributed by atoms with Gasteiger partial charge in [0.05, 0.1) is 7.11 Å². The summed E-state index contributed by atoms with van der Waals surface area (Å²) in [6.45, 7) is 0. The molecule has 110 valence electrons. The van der Waals surface area contributed by atoms with Gasteiger partial charge in [0.15, 0.2) is 0 Å². The van der Waals surface area contributed by atoms with Gasteiger partial charge in [0, 0.05) is 24.1 Å². The zero-order valence-electron chi connectivity index (χ0n) is 12.1. The van der Waals surface area contributed by atoms with E-state index in [1.165, 1.54) is 12.1 Å². The first-order chi connectivity index (χ1) is 10.2. The van der Waals surface area contributed by atoms with Crippen molar-refractivity contribution < 1.29 is 13.9 Å². The van der Waals surface area contributed by atoms with Crippen molar-refractivity contribution in [1.82, 2.24) is 5.32 Å². The molecule has 0 aromatic heterocycles. The molecule has 0 fully saturated rings. The van der Waals surface area contributed by atoms with E-state index in [2.05, 4.69) is 5.32 Å². The van der Waals surface area contributed by atoms with Crippen molar-refractivity contribution in [3.63, 3.8) is 0 Å². The van der Waals surface area contributed by atoms with E-state index < -0.39 is 0 Å². The Morgan fingerprint density at radius 2 is 1.95 bits per heavy atom. The summed E-state index contributed by atoms with van der Waals surface area (Å²) in [5.41, 5.74) is 2.10. The molecule has 2 aromatic rings. The second-order valence-electron chi connectivity index (χ2n) is 5.14. The molecule has 1 heterocycles. The molecule has 0 aliphatic carbocycles. The van der Waals surface area contributed by atoms with Crippen molar-refractivity contribution in [1.29, 1.82) is 0 Å². The SMILES string of the molecule is CNC1CC(c2ccc(F)cc2)Oc2cc(OC)ccc21. The third kappa shape index (κ3) is 2.72. The summed E-state index contributed by atoms with van der Waals surface area (Å²) in [6.07, 6.45) is 0.712. The number of fused-ring (bicyclic) bond motifs is 1. The third-order valence-corrected chi connectivity index (χ3v) is 3.91. The van der Waals surface area contributed by atoms with E-state index in [4.69, 9.17) is 9.47 Å². The van der Waals surface area contributed by atoms with Gasteiger partial charge in [-0.05, 0) is 30.8 Å². The van der Waals surface area contributed by atoms with Gasteiger partial charge in [-0.15, -0.1) is 0 Å². The molecule has 2 aromatic carbocycles. The smallest absolute Gasteiger partial charge is 0.128 e. The number of hydrogen-bond acceptors (Lipinski definition) is 3. The van der Waals surface area contributed by atoms with Crippen molar-refractivity contribution in [3.05, 3.63) is 59.4 Å². The molecule has 4 heteroatoms. The van der Waals surface area contributed by atoms with Crippen molar-refractivity contribution >= 4 is 0 Å². The number of rotatable bonds is 3. The minimum Gasteiger partial charge on any atom is -0.497 e. The van der Waals surface area contributed by atoms with E-state index in [0.29, 0.717) is 0 Å². The number of halogens is 1. The van der Waals surface area contributed by atoms with Gasteiger partial charge in [0.1, 0.15) is 23.4 Å². The quantitative estimate of drug-likeness (QED) is 0.935. The lowest BCUT2D eigenvalue weighted by atomic mass is 9.93. The van der Waals surface area contributed by atoms with Crippen LogP contribution in [0.1, 0.15) is 29.7 Å². The predicted molar refractivity (Wildman–Crippen MR) is 79.2 cm³/mol. The number of nitrogens with one attached hydrogen (secondary N) is 1. The van der Waals surface area contributed by atoms with Crippen LogP contribution < -0.4 is 14.8 Å². The standard InChI is InChI=1S/C17H18FNO2/c1-19-15-10-16(11-3-5-12(18)6-4-11)21-17-9-13(20-2)7-8-14(15)17/h3-9,15-16,19H,10H2,1-2H3. The monoisotopic (exact) mass is 287 g/mol. The lowest BCUT2D eigenvalue weighted by Crippen LogP contribution is -2.26. The Kier molecular flexibility index (Phi) is 3.80. The molecule has 0 saturated carbocycles. The highest BCUT2D eigenvalue weighted by atomic mass is 19.1. The van der Waals surface area contributed by atoms with Crippen molar-refractivity contribution in [2.24, 2.45) is 0 Å². The Bertz CT molecular complexity index is 627. The average Bonchev–Trinajstić information content (AvgIpc) is 2.53. The fourth-order valence-corrected chi connectivity index (χ4v) is 2.73. The van der Waals surface area contributed by atoms with E-state index in [1.807, 2.05) is 25.2 Å². The van der Waals surface area contributed by atoms with Gasteiger partial charge in [0.2, 0.25) is 0 Å². The molecule has 1 aliphatic heterocycles. The maximum absolute atomic E-state index is 13.1. The lowest BCUT2D eigenvalue weighted by Gasteiger charge is -2.32. The van der Waals surface area contributed by atoms with Crippen LogP contribution in [0.25, 0.3) is 0 Å². The maximum Gasteiger partial charge on any atom is 0.128 e. The molecular formula is C17H18FNO2. The van der Waals surface area contributed by atoms with E-state index in [9.17, 15) is 4.39 Å². The Morgan fingerprint density at radius 3 is 2.62 bits per heavy atom. The summed E-state index contributed by atoms with van der Waals surface area (Å²) in [4.78, 5) is 0. The highest BCUT2D eigenvalue weighted by Crippen LogP contribution is 2.42. The van der Waals surface area contributed by atoms with Gasteiger partial charge in [0.25, 0.3) is 0 Å². The lowest BCUT2D eigenvalue weighted by molar-refractivity contribution is 0.153. The zero-order valence-corrected chi connectivity index (χ0v) is 12.1. The van der Waals surface area contributed by atoms with Gasteiger partial charge in [-0.2, -0.15) is 0 Å². The summed E-state index contributed by atoms with van der Waals surface area (Å²) in [7, 11) is 3.57. The molecule has 3 rings (SSSR count). The fourth-order valence-electron chi connectivity index (χ4n) is 2.73. The van der Waals surface area contributed by atoms with E-state index in [1.54, 1.807) is 19.2 Å². The van der Waals surface area contributed by atoms with Gasteiger partial charge in [-0.1, -0.05) is 18.2 Å². The van der Waals surface area contributed by atoms with Crippen LogP contribution in [0.4, 0.5) is 4.39 Å². The van der Waals surface area contributed by atoms with E-state index in [-0.39, 0.29) is 18.0 Å². The molecule has 2 atom stereocenters. The van der Waals surface area contributed by atoms with Gasteiger partial charge in [-0.25, -0.2) is 4.39 Å². The minimum atomic E-state index is -0.234. The third-order valence-electron chi connectivity index (χ3n) is 3.91. The predicted octanol–water partition coefficient (Wildman–Crippen LogP) is 3.62. The first-order valence-corrected chi connectivity index (χ1v) is 6.98. The van der Waals surface area contributed by atoms with Crippen LogP contribution in [0.3, 0.4) is 0 Å². The highest BCUT2D eigenvalue weighted by molar-refractivity contribution is 5.44. The molecule has 21 heavy (non-hydrogen) atoms. The first-order valence-electron chi connectivity index (χ1n) is 6.98. The summed E-state index contributed by atoms with van der Waals surface area (Å²) >= 11 is 0. The van der Waals surface area contributed by atoms with Crippen LogP contribution in [0.5, 0.6) is 11.5 Å². The zero-order chi connectivity index (χ0) is 14.8. The molecule has 2 unspecified atom stereocenters.